The summed E-state index contributed by atoms with van der Waals surface area (Å²) in [7, 11) is 1.73. The first kappa shape index (κ1) is 20.9. The maximum atomic E-state index is 12.5. The molecule has 0 bridgehead atoms. The molecule has 160 valence electrons. The summed E-state index contributed by atoms with van der Waals surface area (Å²) in [6.07, 6.45) is 0.855. The van der Waals surface area contributed by atoms with Gasteiger partial charge in [-0.15, -0.1) is 11.3 Å². The molecule has 3 heterocycles. The van der Waals surface area contributed by atoms with E-state index in [1.807, 2.05) is 12.1 Å². The van der Waals surface area contributed by atoms with Crippen LogP contribution in [0.5, 0.6) is 0 Å². The fraction of sp³-hybridized carbons (Fsp3) is 0.474. The molecule has 2 aliphatic rings. The summed E-state index contributed by atoms with van der Waals surface area (Å²) >= 11 is 2.88. The maximum absolute atomic E-state index is 12.5. The Hall–Kier alpha value is -2.37. The van der Waals surface area contributed by atoms with Crippen LogP contribution in [0.25, 0.3) is 10.2 Å². The molecule has 0 saturated carbocycles. The molecule has 11 heteroatoms. The molecule has 2 aromatic rings. The van der Waals surface area contributed by atoms with Crippen LogP contribution in [0.15, 0.2) is 22.5 Å². The van der Waals surface area contributed by atoms with Crippen LogP contribution in [0.4, 0.5) is 10.5 Å². The zero-order valence-corrected chi connectivity index (χ0v) is 18.2. The number of carbonyl (C=O) groups excluding carboxylic acids is 3. The Labute approximate surface area is 182 Å². The van der Waals surface area contributed by atoms with Crippen molar-refractivity contribution in [3.63, 3.8) is 0 Å². The summed E-state index contributed by atoms with van der Waals surface area (Å²) in [5.74, 6) is 0.210. The van der Waals surface area contributed by atoms with Gasteiger partial charge in [0.25, 0.3) is 0 Å². The van der Waals surface area contributed by atoms with Gasteiger partial charge in [-0.3, -0.25) is 9.59 Å². The van der Waals surface area contributed by atoms with Gasteiger partial charge in [0, 0.05) is 32.4 Å². The molecule has 0 spiro atoms. The predicted molar refractivity (Wildman–Crippen MR) is 116 cm³/mol. The van der Waals surface area contributed by atoms with Gasteiger partial charge < -0.3 is 25.2 Å². The van der Waals surface area contributed by atoms with Crippen molar-refractivity contribution in [1.82, 2.24) is 20.1 Å². The van der Waals surface area contributed by atoms with Crippen LogP contribution < -0.4 is 10.6 Å². The van der Waals surface area contributed by atoms with Crippen LogP contribution in [0.3, 0.4) is 0 Å². The van der Waals surface area contributed by atoms with Crippen LogP contribution in [0, 0.1) is 0 Å². The van der Waals surface area contributed by atoms with Gasteiger partial charge in [-0.1, -0.05) is 11.8 Å². The van der Waals surface area contributed by atoms with Gasteiger partial charge in [-0.25, -0.2) is 9.78 Å². The van der Waals surface area contributed by atoms with Crippen molar-refractivity contribution >= 4 is 56.8 Å². The highest BCUT2D eigenvalue weighted by molar-refractivity contribution is 8.01. The molecule has 1 aromatic carbocycles. The van der Waals surface area contributed by atoms with Gasteiger partial charge in [0.05, 0.1) is 28.6 Å². The highest BCUT2D eigenvalue weighted by atomic mass is 32.2. The zero-order valence-electron chi connectivity index (χ0n) is 16.6. The first-order valence-electron chi connectivity index (χ1n) is 9.68. The van der Waals surface area contributed by atoms with E-state index in [9.17, 15) is 14.4 Å². The number of nitrogens with one attached hydrogen (secondary N) is 2. The standard InChI is InChI=1S/C19H23N5O4S2/c1-23-5-6-24(9-17(23)26)18(27)21-12-2-3-14-15(8-12)30-19(22-14)29-11-16(25)20-13-4-7-28-10-13/h2-3,8,13H,4-7,9-11H2,1H3,(H,20,25)(H,21,27)/t13-/m1/s1. The summed E-state index contributed by atoms with van der Waals surface area (Å²) in [4.78, 5) is 44.0. The second kappa shape index (κ2) is 9.19. The topological polar surface area (TPSA) is 104 Å². The van der Waals surface area contributed by atoms with E-state index in [2.05, 4.69) is 15.6 Å². The Morgan fingerprint density at radius 1 is 1.37 bits per heavy atom. The lowest BCUT2D eigenvalue weighted by Crippen LogP contribution is -2.51. The smallest absolute Gasteiger partial charge is 0.322 e. The number of thiazole rings is 1. The summed E-state index contributed by atoms with van der Waals surface area (Å²) in [5.41, 5.74) is 1.47. The molecule has 4 rings (SSSR count). The van der Waals surface area contributed by atoms with Crippen molar-refractivity contribution in [2.24, 2.45) is 0 Å². The van der Waals surface area contributed by atoms with Crippen LogP contribution in [0.1, 0.15) is 6.42 Å². The van der Waals surface area contributed by atoms with E-state index in [4.69, 9.17) is 4.74 Å². The average molecular weight is 450 g/mol. The molecule has 2 saturated heterocycles. The van der Waals surface area contributed by atoms with Crippen LogP contribution in [-0.2, 0) is 14.3 Å². The number of piperazine rings is 1. The SMILES string of the molecule is CN1CCN(C(=O)Nc2ccc3nc(SCC(=O)N[C@@H]4CCOC4)sc3c2)CC1=O. The van der Waals surface area contributed by atoms with Gasteiger partial charge in [0.15, 0.2) is 4.34 Å². The molecule has 0 radical (unpaired) electrons. The zero-order chi connectivity index (χ0) is 21.1. The number of fused-ring (bicyclic) bond motifs is 1. The van der Waals surface area contributed by atoms with Crippen molar-refractivity contribution in [1.29, 1.82) is 0 Å². The minimum Gasteiger partial charge on any atom is -0.379 e. The summed E-state index contributed by atoms with van der Waals surface area (Å²) in [6, 6.07) is 5.32. The number of anilines is 1. The Morgan fingerprint density at radius 2 is 2.23 bits per heavy atom. The Bertz CT molecular complexity index is 960. The van der Waals surface area contributed by atoms with E-state index >= 15 is 0 Å². The number of rotatable bonds is 5. The number of carbonyl (C=O) groups is 3. The number of hydrogen-bond donors (Lipinski definition) is 2. The first-order chi connectivity index (χ1) is 14.5. The second-order valence-corrected chi connectivity index (χ2v) is 9.50. The highest BCUT2D eigenvalue weighted by Crippen LogP contribution is 2.31. The number of aromatic nitrogens is 1. The van der Waals surface area contributed by atoms with E-state index in [0.717, 1.165) is 21.0 Å². The summed E-state index contributed by atoms with van der Waals surface area (Å²) < 4.78 is 6.99. The number of thioether (sulfide) groups is 1. The van der Waals surface area contributed by atoms with Gasteiger partial charge in [0.2, 0.25) is 11.8 Å². The lowest BCUT2D eigenvalue weighted by atomic mass is 10.3. The first-order valence-corrected chi connectivity index (χ1v) is 11.5. The number of hydrogen-bond acceptors (Lipinski definition) is 7. The minimum absolute atomic E-state index is 0.0237. The van der Waals surface area contributed by atoms with Crippen molar-refractivity contribution in [3.05, 3.63) is 18.2 Å². The molecule has 30 heavy (non-hydrogen) atoms. The normalized spacial score (nSPS) is 19.4. The molecule has 0 aliphatic carbocycles. The molecular formula is C19H23N5O4S2. The molecule has 2 N–H and O–H groups in total. The molecular weight excluding hydrogens is 426 g/mol. The molecule has 0 unspecified atom stereocenters. The van der Waals surface area contributed by atoms with E-state index in [-0.39, 0.29) is 30.4 Å². The predicted octanol–water partition coefficient (Wildman–Crippen LogP) is 1.60. The third-order valence-corrected chi connectivity index (χ3v) is 7.15. The maximum Gasteiger partial charge on any atom is 0.322 e. The van der Waals surface area contributed by atoms with Gasteiger partial charge in [-0.05, 0) is 24.6 Å². The lowest BCUT2D eigenvalue weighted by molar-refractivity contribution is -0.133. The van der Waals surface area contributed by atoms with Crippen LogP contribution >= 0.6 is 23.1 Å². The van der Waals surface area contributed by atoms with Gasteiger partial charge in [-0.2, -0.15) is 0 Å². The largest absolute Gasteiger partial charge is 0.379 e. The average Bonchev–Trinajstić information content (AvgIpc) is 3.37. The number of urea groups is 1. The number of ether oxygens (including phenoxy) is 1. The summed E-state index contributed by atoms with van der Waals surface area (Å²) in [6.45, 7) is 2.39. The van der Waals surface area contributed by atoms with E-state index in [1.54, 1.807) is 18.0 Å². The summed E-state index contributed by atoms with van der Waals surface area (Å²) in [5, 5.41) is 5.81. The van der Waals surface area contributed by atoms with Crippen molar-refractivity contribution in [2.75, 3.05) is 51.0 Å². The molecule has 9 nitrogen and oxygen atoms in total. The Kier molecular flexibility index (Phi) is 6.40. The van der Waals surface area contributed by atoms with Gasteiger partial charge >= 0.3 is 6.03 Å². The highest BCUT2D eigenvalue weighted by Gasteiger charge is 2.25. The molecule has 1 aromatic heterocycles. The third-order valence-electron chi connectivity index (χ3n) is 4.99. The fourth-order valence-electron chi connectivity index (χ4n) is 3.22. The van der Waals surface area contributed by atoms with E-state index < -0.39 is 0 Å². The number of amides is 4. The van der Waals surface area contributed by atoms with Crippen molar-refractivity contribution in [2.45, 2.75) is 16.8 Å². The fourth-order valence-corrected chi connectivity index (χ4v) is 5.14. The molecule has 4 amide bonds. The van der Waals surface area contributed by atoms with Crippen molar-refractivity contribution < 1.29 is 19.1 Å². The second-order valence-electron chi connectivity index (χ2n) is 7.25. The number of benzene rings is 1. The minimum atomic E-state index is -0.289. The molecule has 2 fully saturated rings. The number of nitrogens with zero attached hydrogens (tertiary/aromatic N) is 3. The third kappa shape index (κ3) is 5.02. The lowest BCUT2D eigenvalue weighted by Gasteiger charge is -2.31. The van der Waals surface area contributed by atoms with E-state index in [0.29, 0.717) is 37.7 Å². The quantitative estimate of drug-likeness (QED) is 0.672. The monoisotopic (exact) mass is 449 g/mol. The van der Waals surface area contributed by atoms with Crippen LogP contribution in [0.2, 0.25) is 0 Å². The van der Waals surface area contributed by atoms with Crippen LogP contribution in [-0.4, -0.2) is 84.3 Å². The van der Waals surface area contributed by atoms with Crippen molar-refractivity contribution in [3.8, 4) is 0 Å². The Morgan fingerprint density at radius 3 is 3.00 bits per heavy atom. The number of likely N-dealkylation sites (N-methyl/N-ethyl adjacent to an activating group) is 1. The molecule has 2 aliphatic heterocycles. The van der Waals surface area contributed by atoms with E-state index in [1.165, 1.54) is 28.0 Å². The van der Waals surface area contributed by atoms with Gasteiger partial charge in [0.1, 0.15) is 6.54 Å². The molecule has 1 atom stereocenters. The Balaban J connectivity index is 1.33.